The Kier molecular flexibility index (Phi) is 4.30. The van der Waals surface area contributed by atoms with Gasteiger partial charge in [0.25, 0.3) is 0 Å². The second kappa shape index (κ2) is 6.38. The molecule has 3 aromatic rings. The van der Waals surface area contributed by atoms with E-state index in [1.54, 1.807) is 30.0 Å². The number of hydrogen-bond acceptors (Lipinski definition) is 2. The van der Waals surface area contributed by atoms with Crippen LogP contribution in [0, 0.1) is 5.82 Å². The normalized spacial score (nSPS) is 12.3. The summed E-state index contributed by atoms with van der Waals surface area (Å²) in [5, 5.41) is 2.70. The number of alkyl halides is 1. The third-order valence-electron chi connectivity index (χ3n) is 3.68. The first kappa shape index (κ1) is 15.5. The zero-order valence-corrected chi connectivity index (χ0v) is 13.2. The number of amides is 1. The SMILES string of the molecule is CC(NC(=O)CCl)c1ccc(-n2cnc3ccccc32)c(F)c1. The van der Waals surface area contributed by atoms with Gasteiger partial charge in [-0.05, 0) is 36.8 Å². The fourth-order valence-corrected chi connectivity index (χ4v) is 2.58. The van der Waals surface area contributed by atoms with Crippen LogP contribution in [0.25, 0.3) is 16.7 Å². The minimum atomic E-state index is -0.377. The van der Waals surface area contributed by atoms with Gasteiger partial charge in [-0.1, -0.05) is 18.2 Å². The molecule has 0 fully saturated rings. The molecule has 1 heterocycles. The Morgan fingerprint density at radius 3 is 2.87 bits per heavy atom. The highest BCUT2D eigenvalue weighted by atomic mass is 35.5. The molecule has 4 nitrogen and oxygen atoms in total. The molecule has 0 radical (unpaired) electrons. The lowest BCUT2D eigenvalue weighted by Gasteiger charge is -2.15. The highest BCUT2D eigenvalue weighted by molar-refractivity contribution is 6.27. The van der Waals surface area contributed by atoms with E-state index in [1.165, 1.54) is 6.07 Å². The maximum atomic E-state index is 14.5. The van der Waals surface area contributed by atoms with Gasteiger partial charge in [-0.25, -0.2) is 9.37 Å². The molecule has 0 spiro atoms. The van der Waals surface area contributed by atoms with Gasteiger partial charge in [0.2, 0.25) is 5.91 Å². The van der Waals surface area contributed by atoms with Gasteiger partial charge in [0, 0.05) is 0 Å². The summed E-state index contributed by atoms with van der Waals surface area (Å²) >= 11 is 5.47. The van der Waals surface area contributed by atoms with Gasteiger partial charge >= 0.3 is 0 Å². The van der Waals surface area contributed by atoms with Crippen LogP contribution < -0.4 is 5.32 Å². The largest absolute Gasteiger partial charge is 0.349 e. The first-order chi connectivity index (χ1) is 11.1. The van der Waals surface area contributed by atoms with E-state index in [4.69, 9.17) is 11.6 Å². The van der Waals surface area contributed by atoms with Gasteiger partial charge in [-0.3, -0.25) is 9.36 Å². The number of nitrogens with one attached hydrogen (secondary N) is 1. The molecule has 1 amide bonds. The van der Waals surface area contributed by atoms with E-state index in [0.717, 1.165) is 11.0 Å². The lowest BCUT2D eigenvalue weighted by atomic mass is 10.1. The number of fused-ring (bicyclic) bond motifs is 1. The van der Waals surface area contributed by atoms with Crippen LogP contribution in [0.1, 0.15) is 18.5 Å². The van der Waals surface area contributed by atoms with E-state index in [9.17, 15) is 9.18 Å². The summed E-state index contributed by atoms with van der Waals surface area (Å²) in [6.07, 6.45) is 1.60. The van der Waals surface area contributed by atoms with Crippen LogP contribution in [0.4, 0.5) is 4.39 Å². The number of benzene rings is 2. The maximum absolute atomic E-state index is 14.5. The van der Waals surface area contributed by atoms with Crippen molar-refractivity contribution in [2.24, 2.45) is 0 Å². The molecule has 0 saturated carbocycles. The highest BCUT2D eigenvalue weighted by Crippen LogP contribution is 2.23. The van der Waals surface area contributed by atoms with Crippen LogP contribution >= 0.6 is 11.6 Å². The number of para-hydroxylation sites is 2. The number of carbonyl (C=O) groups is 1. The van der Waals surface area contributed by atoms with E-state index in [0.29, 0.717) is 11.3 Å². The second-order valence-corrected chi connectivity index (χ2v) is 5.50. The van der Waals surface area contributed by atoms with Crippen molar-refractivity contribution in [3.8, 4) is 5.69 Å². The van der Waals surface area contributed by atoms with E-state index in [1.807, 2.05) is 24.3 Å². The first-order valence-electron chi connectivity index (χ1n) is 7.17. The van der Waals surface area contributed by atoms with Crippen molar-refractivity contribution < 1.29 is 9.18 Å². The van der Waals surface area contributed by atoms with Crippen molar-refractivity contribution in [2.75, 3.05) is 5.88 Å². The molecule has 3 rings (SSSR count). The highest BCUT2D eigenvalue weighted by Gasteiger charge is 2.13. The Bertz CT molecular complexity index is 862. The molecule has 1 atom stereocenters. The number of halogens is 2. The number of rotatable bonds is 4. The molecule has 0 bridgehead atoms. The van der Waals surface area contributed by atoms with Gasteiger partial charge in [0.05, 0.1) is 22.8 Å². The lowest BCUT2D eigenvalue weighted by Crippen LogP contribution is -2.27. The summed E-state index contributed by atoms with van der Waals surface area (Å²) in [6, 6.07) is 12.1. The van der Waals surface area contributed by atoms with Crippen LogP contribution in [0.3, 0.4) is 0 Å². The Balaban J connectivity index is 1.95. The predicted molar refractivity (Wildman–Crippen MR) is 88.3 cm³/mol. The number of hydrogen-bond donors (Lipinski definition) is 1. The van der Waals surface area contributed by atoms with Crippen LogP contribution in [-0.2, 0) is 4.79 Å². The molecule has 0 aliphatic rings. The molecule has 0 aliphatic heterocycles. The monoisotopic (exact) mass is 331 g/mol. The average molecular weight is 332 g/mol. The van der Waals surface area contributed by atoms with Crippen LogP contribution in [0.2, 0.25) is 0 Å². The minimum Gasteiger partial charge on any atom is -0.349 e. The molecular formula is C17H15ClFN3O. The summed E-state index contributed by atoms with van der Waals surface area (Å²) in [4.78, 5) is 15.6. The van der Waals surface area contributed by atoms with Gasteiger partial charge in [0.15, 0.2) is 0 Å². The molecule has 1 N–H and O–H groups in total. The number of imidazole rings is 1. The fraction of sp³-hybridized carbons (Fsp3) is 0.176. The summed E-state index contributed by atoms with van der Waals surface area (Å²) in [5.41, 5.74) is 2.73. The van der Waals surface area contributed by atoms with Crippen molar-refractivity contribution >= 4 is 28.5 Å². The fourth-order valence-electron chi connectivity index (χ4n) is 2.50. The standard InChI is InChI=1S/C17H15ClFN3O/c1-11(21-17(23)9-18)12-6-7-15(13(19)8-12)22-10-20-14-4-2-3-5-16(14)22/h2-8,10-11H,9H2,1H3,(H,21,23). The van der Waals surface area contributed by atoms with Crippen LogP contribution in [-0.4, -0.2) is 21.3 Å². The third kappa shape index (κ3) is 3.05. The first-order valence-corrected chi connectivity index (χ1v) is 7.71. The zero-order chi connectivity index (χ0) is 16.4. The van der Waals surface area contributed by atoms with E-state index in [-0.39, 0.29) is 23.6 Å². The topological polar surface area (TPSA) is 46.9 Å². The Morgan fingerprint density at radius 2 is 2.13 bits per heavy atom. The maximum Gasteiger partial charge on any atom is 0.235 e. The summed E-state index contributed by atoms with van der Waals surface area (Å²) < 4.78 is 16.2. The molecule has 0 saturated heterocycles. The van der Waals surface area contributed by atoms with Crippen molar-refractivity contribution in [1.82, 2.24) is 14.9 Å². The van der Waals surface area contributed by atoms with Crippen molar-refractivity contribution in [1.29, 1.82) is 0 Å². The summed E-state index contributed by atoms with van der Waals surface area (Å²) in [5.74, 6) is -0.784. The van der Waals surface area contributed by atoms with Gasteiger partial charge in [-0.2, -0.15) is 0 Å². The Labute approximate surface area is 137 Å². The molecule has 23 heavy (non-hydrogen) atoms. The molecule has 6 heteroatoms. The molecule has 2 aromatic carbocycles. The van der Waals surface area contributed by atoms with Crippen molar-refractivity contribution in [2.45, 2.75) is 13.0 Å². The molecule has 1 aromatic heterocycles. The number of aromatic nitrogens is 2. The van der Waals surface area contributed by atoms with E-state index >= 15 is 0 Å². The zero-order valence-electron chi connectivity index (χ0n) is 12.5. The smallest absolute Gasteiger partial charge is 0.235 e. The lowest BCUT2D eigenvalue weighted by molar-refractivity contribution is -0.119. The van der Waals surface area contributed by atoms with Gasteiger partial charge in [-0.15, -0.1) is 11.6 Å². The quantitative estimate of drug-likeness (QED) is 0.743. The number of carbonyl (C=O) groups excluding carboxylic acids is 1. The molecule has 0 aliphatic carbocycles. The molecule has 1 unspecified atom stereocenters. The van der Waals surface area contributed by atoms with Crippen LogP contribution in [0.15, 0.2) is 48.8 Å². The molecule has 118 valence electrons. The summed E-state index contributed by atoms with van der Waals surface area (Å²) in [6.45, 7) is 1.78. The second-order valence-electron chi connectivity index (χ2n) is 5.24. The van der Waals surface area contributed by atoms with Gasteiger partial charge < -0.3 is 5.32 Å². The summed E-state index contributed by atoms with van der Waals surface area (Å²) in [7, 11) is 0. The minimum absolute atomic E-state index is 0.119. The van der Waals surface area contributed by atoms with E-state index < -0.39 is 0 Å². The average Bonchev–Trinajstić information content (AvgIpc) is 2.98. The van der Waals surface area contributed by atoms with Crippen molar-refractivity contribution in [3.05, 3.63) is 60.2 Å². The Hall–Kier alpha value is -2.40. The number of nitrogens with zero attached hydrogens (tertiary/aromatic N) is 2. The predicted octanol–water partition coefficient (Wildman–Crippen LogP) is 3.58. The van der Waals surface area contributed by atoms with Crippen molar-refractivity contribution in [3.63, 3.8) is 0 Å². The Morgan fingerprint density at radius 1 is 1.35 bits per heavy atom. The molecular weight excluding hydrogens is 317 g/mol. The third-order valence-corrected chi connectivity index (χ3v) is 3.93. The van der Waals surface area contributed by atoms with Crippen LogP contribution in [0.5, 0.6) is 0 Å². The van der Waals surface area contributed by atoms with Gasteiger partial charge in [0.1, 0.15) is 18.0 Å². The van der Waals surface area contributed by atoms with E-state index in [2.05, 4.69) is 10.3 Å².